The average molecular weight is 1990 g/mol. The summed E-state index contributed by atoms with van der Waals surface area (Å²) in [6.45, 7) is 35.7. The van der Waals surface area contributed by atoms with E-state index in [-0.39, 0.29) is 148 Å². The van der Waals surface area contributed by atoms with Gasteiger partial charge in [0.05, 0.1) is 90.9 Å². The number of nitrogens with zero attached hydrogens (tertiary/aromatic N) is 14. The largest absolute Gasteiger partial charge is 1.00 e. The lowest BCUT2D eigenvalue weighted by atomic mass is 9.81. The van der Waals surface area contributed by atoms with Crippen molar-refractivity contribution in [1.82, 2.24) is 68.3 Å². The molecule has 2 saturated carbocycles. The lowest BCUT2D eigenvalue weighted by Gasteiger charge is -2.47. The summed E-state index contributed by atoms with van der Waals surface area (Å²) in [5.41, 5.74) is 7.81. The van der Waals surface area contributed by atoms with Crippen LogP contribution in [-0.2, 0) is 40.2 Å². The number of aliphatic carboxylic acids is 1. The molecule has 638 valence electrons. The Kier molecular flexibility index (Phi) is 31.1. The summed E-state index contributed by atoms with van der Waals surface area (Å²) < 4.78 is 50.3. The van der Waals surface area contributed by atoms with Crippen molar-refractivity contribution >= 4 is 120 Å². The van der Waals surface area contributed by atoms with Gasteiger partial charge in [-0.25, -0.2) is 41.7 Å². The number of ether oxygens (including phenoxy) is 1. The van der Waals surface area contributed by atoms with Crippen molar-refractivity contribution in [2.24, 2.45) is 23.7 Å². The number of piperazine rings is 3. The smallest absolute Gasteiger partial charge is 0.308 e. The summed E-state index contributed by atoms with van der Waals surface area (Å²) in [6.07, 6.45) is 9.89. The number of carboxylic acids is 1. The van der Waals surface area contributed by atoms with E-state index in [9.17, 15) is 51.8 Å². The van der Waals surface area contributed by atoms with Gasteiger partial charge in [0.2, 0.25) is 11.8 Å². The molecule has 0 atom stereocenters. The number of aromatic nitrogens is 9. The molecule has 5 aliphatic rings. The number of carbonyl (C=O) groups excluding carboxylic acids is 6. The number of amides is 5. The van der Waals surface area contributed by atoms with Gasteiger partial charge < -0.3 is 52.1 Å². The first-order valence-corrected chi connectivity index (χ1v) is 45.7. The summed E-state index contributed by atoms with van der Waals surface area (Å²) >= 11 is 4.24. The Morgan fingerprint density at radius 2 is 0.746 bits per heavy atom. The van der Waals surface area contributed by atoms with Crippen LogP contribution in [0.25, 0.3) is 50.7 Å². The third kappa shape index (κ3) is 21.5. The first-order chi connectivity index (χ1) is 54.1. The van der Waals surface area contributed by atoms with Crippen LogP contribution in [0.1, 0.15) is 211 Å². The third-order valence-electron chi connectivity index (χ3n) is 22.9. The number of halogens is 7. The second-order valence-corrected chi connectivity index (χ2v) is 35.9. The van der Waals surface area contributed by atoms with Crippen molar-refractivity contribution in [3.8, 4) is 33.8 Å². The van der Waals surface area contributed by atoms with Gasteiger partial charge in [-0.15, -0.1) is 24.0 Å². The van der Waals surface area contributed by atoms with Gasteiger partial charge in [-0.1, -0.05) is 69.7 Å². The number of hydrogen-bond acceptors (Lipinski definition) is 14. The fraction of sp³-hybridized carbons (Fsp3) is 0.506. The number of imidazole rings is 3. The van der Waals surface area contributed by atoms with Crippen LogP contribution in [0.2, 0.25) is 0 Å². The highest BCUT2D eigenvalue weighted by Gasteiger charge is 2.45. The molecule has 2 aliphatic carbocycles. The van der Waals surface area contributed by atoms with Crippen molar-refractivity contribution < 1.29 is 74.3 Å². The summed E-state index contributed by atoms with van der Waals surface area (Å²) in [5, 5.41) is 25.6. The standard InChI is InChI=1S/C32H40FN5O4.C31H38FN5O4.C23H28FN5O.CH4.ClH.I2.HI/c1-31(2,3)24-17-25(20-11-13-23(33)14-12-20)35-38-18-26(34-27(24)38)29(40)37-16-15-36(19-32(37,4)5)28(39)21-7-9-22(10-8-21)30(41)42-6;1-30(2,3)23-16-24(19-10-12-22(32)13-11-19)34-37-17-25(33-26(23)37)28(39)36-15-14-35(18-31(36,4)5)27(38)20-6-8-21(9-7-20)29(40)41;1-22(2,3)17-12-18(15-6-8-16(24)9-7-15)27-29-13-19(26-20(17)29)21(30)28-11-10-25-14-23(28,4)5;;;1-2;/h11-14,17-18,21-22H,7-10,15-16,19H2,1-6H3;10-13,16-17,20-21H,6-9,14-15,18H2,1-5H3,(H,40,41);6-9,12-13,25H,10-11,14H2,1-5H3;1H4;1H;;1H. The van der Waals surface area contributed by atoms with Crippen LogP contribution in [-0.4, -0.2) is 198 Å². The number of nitrogens with two attached hydrogens (primary N) is 1. The lowest BCUT2D eigenvalue weighted by molar-refractivity contribution is -0.673. The molecule has 118 heavy (non-hydrogen) atoms. The van der Waals surface area contributed by atoms with Gasteiger partial charge in [0.15, 0.2) is 16.9 Å². The molecule has 5 amide bonds. The molecule has 14 rings (SSSR count). The topological polar surface area (TPSA) is 272 Å². The predicted octanol–water partition coefficient (Wildman–Crippen LogP) is 12.3. The average Bonchev–Trinajstić information content (AvgIpc) is 1.60. The van der Waals surface area contributed by atoms with Gasteiger partial charge in [-0.3, -0.25) is 33.6 Å². The SMILES string of the molecule is C.CC(C)(C)c1cc(-c2ccc(F)cc2)nn2cc(C(=O)N3CCN(C(=O)C4CCC(C(=O)O)CC4)CC3(C)C)nc12.CC(C)(C)c1cc(-c2ccc(F)cc2)nn2cc(C(=O)N3CC[NH2+]CC3(C)C)nc12.COC(=O)C1CCC(C(=O)N2CCN(C(=O)c3cn4nc(-c5ccc(F)cc5)cc(C(C)(C)C)c4n3)C(C)(C)C2)CC1.I.II.[Cl-]. The number of esters is 1. The molecule has 3 saturated heterocycles. The molecule has 0 spiro atoms. The van der Waals surface area contributed by atoms with Gasteiger partial charge >= 0.3 is 11.9 Å². The quantitative estimate of drug-likeness (QED) is 0.0951. The number of quaternary nitrogens is 1. The summed E-state index contributed by atoms with van der Waals surface area (Å²) in [4.78, 5) is 114. The van der Waals surface area contributed by atoms with E-state index < -0.39 is 17.0 Å². The molecule has 31 heteroatoms. The van der Waals surface area contributed by atoms with Gasteiger partial charge in [0.1, 0.15) is 34.5 Å². The minimum absolute atomic E-state index is 0. The molecule has 0 bridgehead atoms. The van der Waals surface area contributed by atoms with E-state index in [1.807, 2.05) is 60.6 Å². The summed E-state index contributed by atoms with van der Waals surface area (Å²) in [5.74, 6) is -3.03. The Balaban J connectivity index is 0.000000219. The maximum atomic E-state index is 13.9. The van der Waals surface area contributed by atoms with E-state index in [0.717, 1.165) is 52.2 Å². The molecule has 3 aliphatic heterocycles. The number of carbonyl (C=O) groups is 7. The van der Waals surface area contributed by atoms with Crippen molar-refractivity contribution in [2.45, 2.75) is 196 Å². The summed E-state index contributed by atoms with van der Waals surface area (Å²) in [7, 11) is 1.40. The van der Waals surface area contributed by atoms with Crippen LogP contribution in [0.3, 0.4) is 0 Å². The molecular weight excluding hydrogens is 1870 g/mol. The summed E-state index contributed by atoms with van der Waals surface area (Å²) in [6, 6.07) is 24.5. The molecule has 24 nitrogen and oxygen atoms in total. The van der Waals surface area contributed by atoms with E-state index >= 15 is 0 Å². The zero-order chi connectivity index (χ0) is 83.8. The maximum absolute atomic E-state index is 13.9. The number of fused-ring (bicyclic) bond motifs is 3. The second-order valence-electron chi connectivity index (χ2n) is 35.9. The molecular formula is C87H112ClF3I3N15O9. The highest BCUT2D eigenvalue weighted by atomic mass is 128. The number of methoxy groups -OCH3 is 1. The minimum Gasteiger partial charge on any atom is -1.00 e. The monoisotopic (exact) mass is 1980 g/mol. The third-order valence-corrected chi connectivity index (χ3v) is 22.9. The van der Waals surface area contributed by atoms with Crippen molar-refractivity contribution in [1.29, 1.82) is 0 Å². The zero-order valence-corrected chi connectivity index (χ0v) is 76.9. The first-order valence-electron chi connectivity index (χ1n) is 39.4. The fourth-order valence-corrected chi connectivity index (χ4v) is 16.3. The minimum atomic E-state index is -0.785. The van der Waals surface area contributed by atoms with Crippen LogP contribution in [0.4, 0.5) is 13.2 Å². The first kappa shape index (κ1) is 95.5. The number of rotatable bonds is 10. The Bertz CT molecular complexity index is 5100. The van der Waals surface area contributed by atoms with Crippen LogP contribution in [0.5, 0.6) is 0 Å². The predicted molar refractivity (Wildman–Crippen MR) is 472 cm³/mol. The Hall–Kier alpha value is -7.96. The van der Waals surface area contributed by atoms with Gasteiger partial charge in [-0.2, -0.15) is 15.3 Å². The highest BCUT2D eigenvalue weighted by molar-refractivity contribution is 15.0. The number of hydrogen-bond donors (Lipinski definition) is 2. The van der Waals surface area contributed by atoms with E-state index in [4.69, 9.17) is 29.9 Å². The molecule has 9 aromatic rings. The number of benzene rings is 3. The van der Waals surface area contributed by atoms with E-state index in [0.29, 0.717) is 137 Å². The van der Waals surface area contributed by atoms with Crippen molar-refractivity contribution in [2.75, 3.05) is 66.0 Å². The van der Waals surface area contributed by atoms with Crippen molar-refractivity contribution in [3.63, 3.8) is 0 Å². The van der Waals surface area contributed by atoms with E-state index in [1.54, 1.807) is 78.3 Å². The maximum Gasteiger partial charge on any atom is 0.308 e. The zero-order valence-electron chi connectivity index (χ0n) is 69.5. The van der Waals surface area contributed by atoms with Crippen LogP contribution < -0.4 is 17.7 Å². The Labute approximate surface area is 736 Å². The normalized spacial score (nSPS) is 19.1. The van der Waals surface area contributed by atoms with Crippen LogP contribution >= 0.6 is 61.2 Å². The number of carboxylic acid groups (broad SMARTS) is 1. The van der Waals surface area contributed by atoms with Gasteiger partial charge in [0, 0.05) is 122 Å². The highest BCUT2D eigenvalue weighted by Crippen LogP contribution is 2.39. The molecule has 9 heterocycles. The molecule has 0 unspecified atom stereocenters. The van der Waals surface area contributed by atoms with Crippen molar-refractivity contribution in [3.05, 3.63) is 161 Å². The van der Waals surface area contributed by atoms with Crippen LogP contribution in [0.15, 0.2) is 110 Å². The molecule has 5 fully saturated rings. The fourth-order valence-electron chi connectivity index (χ4n) is 16.3. The lowest BCUT2D eigenvalue weighted by Crippen LogP contribution is -3.00. The van der Waals surface area contributed by atoms with Crippen LogP contribution in [0, 0.1) is 41.1 Å². The molecule has 0 radical (unpaired) electrons. The van der Waals surface area contributed by atoms with E-state index in [1.165, 1.54) is 43.5 Å². The Morgan fingerprint density at radius 1 is 0.458 bits per heavy atom. The molecule has 3 N–H and O–H groups in total. The second kappa shape index (κ2) is 38.4. The molecule has 6 aromatic heterocycles. The van der Waals surface area contributed by atoms with Gasteiger partial charge in [-0.05, 0) is 200 Å². The molecule has 3 aromatic carbocycles. The van der Waals surface area contributed by atoms with E-state index in [2.05, 4.69) is 124 Å². The Morgan fingerprint density at radius 3 is 1.02 bits per heavy atom. The van der Waals surface area contributed by atoms with Gasteiger partial charge in [0.25, 0.3) is 17.7 Å².